The van der Waals surface area contributed by atoms with E-state index in [0.29, 0.717) is 47.0 Å². The van der Waals surface area contributed by atoms with Crippen molar-refractivity contribution in [1.29, 1.82) is 5.26 Å². The molecule has 0 radical (unpaired) electrons. The molecule has 3 aliphatic rings. The van der Waals surface area contributed by atoms with E-state index in [9.17, 15) is 19.6 Å². The smallest absolute Gasteiger partial charge is 0.433 e. The van der Waals surface area contributed by atoms with E-state index in [0.717, 1.165) is 4.90 Å². The van der Waals surface area contributed by atoms with Gasteiger partial charge in [-0.2, -0.15) is 10.2 Å². The number of aromatic nitrogens is 1. The predicted octanol–water partition coefficient (Wildman–Crippen LogP) is 2.72. The number of halogens is 1. The fraction of sp³-hybridized carbons (Fsp3) is 0.240. The SMILES string of the molecule is N#Cc1ncc(N2C(=O)C3CN4CC(C(=O)COc5ccc(Cl)cc5)[N+]3(C4)C2=O)c2ccccc12. The first-order valence-electron chi connectivity index (χ1n) is 11.1. The average Bonchev–Trinajstić information content (AvgIpc) is 3.51. The number of urea groups is 1. The molecule has 174 valence electrons. The maximum absolute atomic E-state index is 14.0. The topological polar surface area (TPSA) is 104 Å². The van der Waals surface area contributed by atoms with Crippen LogP contribution in [0.25, 0.3) is 10.8 Å². The Bertz CT molecular complexity index is 1450. The Labute approximate surface area is 205 Å². The summed E-state index contributed by atoms with van der Waals surface area (Å²) in [5.41, 5.74) is 0.550. The summed E-state index contributed by atoms with van der Waals surface area (Å²) >= 11 is 5.90. The minimum Gasteiger partial charge on any atom is -0.486 e. The number of rotatable bonds is 5. The van der Waals surface area contributed by atoms with E-state index in [1.165, 1.54) is 6.20 Å². The van der Waals surface area contributed by atoms with Gasteiger partial charge in [0.1, 0.15) is 24.2 Å². The van der Waals surface area contributed by atoms with Gasteiger partial charge in [-0.15, -0.1) is 0 Å². The van der Waals surface area contributed by atoms with Crippen LogP contribution in [0, 0.1) is 11.3 Å². The Balaban J connectivity index is 1.34. The second-order valence-corrected chi connectivity index (χ2v) is 9.39. The second kappa shape index (κ2) is 7.85. The fourth-order valence-corrected chi connectivity index (χ4v) is 5.68. The van der Waals surface area contributed by atoms with Crippen LogP contribution in [-0.2, 0) is 9.59 Å². The quantitative estimate of drug-likeness (QED) is 0.402. The molecule has 2 aromatic carbocycles. The summed E-state index contributed by atoms with van der Waals surface area (Å²) in [5, 5.41) is 11.1. The molecule has 3 aliphatic heterocycles. The molecular formula is C25H19ClN5O4+. The van der Waals surface area contributed by atoms with Crippen molar-refractivity contribution in [3.8, 4) is 11.8 Å². The van der Waals surface area contributed by atoms with Gasteiger partial charge in [0.25, 0.3) is 5.91 Å². The molecule has 0 aliphatic carbocycles. The summed E-state index contributed by atoms with van der Waals surface area (Å²) < 4.78 is 5.40. The maximum atomic E-state index is 14.0. The number of anilines is 1. The van der Waals surface area contributed by atoms with Crippen LogP contribution in [0.15, 0.2) is 54.7 Å². The van der Waals surface area contributed by atoms with Gasteiger partial charge in [0.05, 0.1) is 25.0 Å². The van der Waals surface area contributed by atoms with E-state index in [2.05, 4.69) is 11.1 Å². The number of Topliss-reactive ketones (excluding diaryl/α,β-unsaturated/α-hetero) is 1. The molecule has 0 saturated carbocycles. The molecule has 4 unspecified atom stereocenters. The van der Waals surface area contributed by atoms with Crippen LogP contribution in [0.5, 0.6) is 5.75 Å². The van der Waals surface area contributed by atoms with Crippen LogP contribution in [0.2, 0.25) is 5.02 Å². The van der Waals surface area contributed by atoms with Crippen molar-refractivity contribution >= 4 is 45.8 Å². The zero-order chi connectivity index (χ0) is 24.3. The van der Waals surface area contributed by atoms with Crippen molar-refractivity contribution in [2.45, 2.75) is 12.1 Å². The molecule has 35 heavy (non-hydrogen) atoms. The van der Waals surface area contributed by atoms with Crippen LogP contribution >= 0.6 is 11.6 Å². The largest absolute Gasteiger partial charge is 0.486 e. The Kier molecular flexibility index (Phi) is 4.86. The number of hydrogen-bond donors (Lipinski definition) is 0. The van der Waals surface area contributed by atoms with E-state index in [-0.39, 0.29) is 28.5 Å². The minimum atomic E-state index is -0.708. The summed E-state index contributed by atoms with van der Waals surface area (Å²) in [5.74, 6) is -0.0958. The average molecular weight is 489 g/mol. The molecule has 0 N–H and O–H groups in total. The Hall–Kier alpha value is -3.84. The van der Waals surface area contributed by atoms with Crippen LogP contribution in [0.3, 0.4) is 0 Å². The van der Waals surface area contributed by atoms with Crippen LogP contribution in [0.4, 0.5) is 10.5 Å². The van der Waals surface area contributed by atoms with E-state index in [1.807, 2.05) is 4.90 Å². The van der Waals surface area contributed by atoms with Gasteiger partial charge in [0.2, 0.25) is 5.78 Å². The third kappa shape index (κ3) is 3.08. The number of imide groups is 1. The second-order valence-electron chi connectivity index (χ2n) is 8.95. The molecule has 9 nitrogen and oxygen atoms in total. The van der Waals surface area contributed by atoms with Crippen LogP contribution in [-0.4, -0.2) is 70.5 Å². The third-order valence-electron chi connectivity index (χ3n) is 7.15. The van der Waals surface area contributed by atoms with Gasteiger partial charge >= 0.3 is 6.03 Å². The van der Waals surface area contributed by atoms with Gasteiger partial charge < -0.3 is 4.74 Å². The van der Waals surface area contributed by atoms with Gasteiger partial charge in [0.15, 0.2) is 18.7 Å². The summed E-state index contributed by atoms with van der Waals surface area (Å²) in [7, 11) is 0. The fourth-order valence-electron chi connectivity index (χ4n) is 5.55. The number of carbonyl (C=O) groups excluding carboxylic acids is 3. The van der Waals surface area contributed by atoms with E-state index < -0.39 is 18.1 Å². The molecule has 4 atom stereocenters. The highest BCUT2D eigenvalue weighted by Gasteiger charge is 2.73. The molecular weight excluding hydrogens is 470 g/mol. The van der Waals surface area contributed by atoms with Crippen molar-refractivity contribution in [2.75, 3.05) is 31.3 Å². The first-order valence-corrected chi connectivity index (χ1v) is 11.5. The first kappa shape index (κ1) is 21.7. The summed E-state index contributed by atoms with van der Waals surface area (Å²) in [6.07, 6.45) is 1.39. The number of nitriles is 1. The lowest BCUT2D eigenvalue weighted by Crippen LogP contribution is -2.63. The van der Waals surface area contributed by atoms with Crippen molar-refractivity contribution < 1.29 is 23.6 Å². The lowest BCUT2D eigenvalue weighted by atomic mass is 10.0. The highest BCUT2D eigenvalue weighted by Crippen LogP contribution is 2.44. The Morgan fingerprint density at radius 3 is 2.63 bits per heavy atom. The van der Waals surface area contributed by atoms with Crippen molar-refractivity contribution in [3.63, 3.8) is 0 Å². The number of ketones is 1. The monoisotopic (exact) mass is 488 g/mol. The van der Waals surface area contributed by atoms with Crippen LogP contribution in [0.1, 0.15) is 5.69 Å². The molecule has 1 spiro atoms. The molecule has 6 rings (SSSR count). The van der Waals surface area contributed by atoms with Gasteiger partial charge in [0, 0.05) is 15.8 Å². The zero-order valence-corrected chi connectivity index (χ0v) is 19.2. The number of quaternary nitrogens is 1. The Morgan fingerprint density at radius 1 is 1.14 bits per heavy atom. The number of benzene rings is 2. The van der Waals surface area contributed by atoms with Crippen LogP contribution < -0.4 is 9.64 Å². The van der Waals surface area contributed by atoms with Crippen molar-refractivity contribution in [1.82, 2.24) is 9.88 Å². The van der Waals surface area contributed by atoms with Gasteiger partial charge in [-0.3, -0.25) is 9.59 Å². The number of piperazine rings is 1. The number of nitrogens with zero attached hydrogens (tertiary/aromatic N) is 5. The summed E-state index contributed by atoms with van der Waals surface area (Å²) in [6, 6.07) is 14.0. The number of amides is 3. The third-order valence-corrected chi connectivity index (χ3v) is 7.40. The first-order chi connectivity index (χ1) is 16.9. The standard InChI is InChI=1S/C25H19ClN5O4/c26-15-5-7-16(8-6-15)35-13-23(32)21-11-29-12-22-24(33)30(25(34)31(21,22)14-29)20-10-28-19(9-27)17-3-1-2-4-18(17)20/h1-8,10,21-22H,11-14H2/q+1. The van der Waals surface area contributed by atoms with Crippen molar-refractivity contribution in [2.24, 2.45) is 0 Å². The minimum absolute atomic E-state index is 0.213. The van der Waals surface area contributed by atoms with Gasteiger partial charge in [-0.1, -0.05) is 35.9 Å². The van der Waals surface area contributed by atoms with Crippen molar-refractivity contribution in [3.05, 3.63) is 65.4 Å². The number of carbonyl (C=O) groups is 3. The molecule has 3 fully saturated rings. The zero-order valence-electron chi connectivity index (χ0n) is 18.4. The molecule has 2 bridgehead atoms. The number of hydrogen-bond acceptors (Lipinski definition) is 7. The van der Waals surface area contributed by atoms with Gasteiger partial charge in [-0.25, -0.2) is 19.2 Å². The van der Waals surface area contributed by atoms with Gasteiger partial charge in [-0.05, 0) is 24.3 Å². The highest BCUT2D eigenvalue weighted by atomic mass is 35.5. The molecule has 3 aromatic rings. The number of fused-ring (bicyclic) bond motifs is 2. The Morgan fingerprint density at radius 2 is 1.89 bits per heavy atom. The molecule has 3 saturated heterocycles. The van der Waals surface area contributed by atoms with E-state index in [4.69, 9.17) is 16.3 Å². The lowest BCUT2D eigenvalue weighted by molar-refractivity contribution is -0.852. The predicted molar refractivity (Wildman–Crippen MR) is 126 cm³/mol. The summed E-state index contributed by atoms with van der Waals surface area (Å²) in [4.78, 5) is 48.1. The van der Waals surface area contributed by atoms with E-state index in [1.54, 1.807) is 48.5 Å². The normalized spacial score (nSPS) is 26.7. The molecule has 10 heteroatoms. The molecule has 1 aromatic heterocycles. The highest BCUT2D eigenvalue weighted by molar-refractivity contribution is 6.30. The number of ether oxygens (including phenoxy) is 1. The van der Waals surface area contributed by atoms with E-state index >= 15 is 0 Å². The summed E-state index contributed by atoms with van der Waals surface area (Å²) in [6.45, 7) is 0.878. The number of pyridine rings is 1. The lowest BCUT2D eigenvalue weighted by Gasteiger charge is -2.32. The maximum Gasteiger partial charge on any atom is 0.433 e. The molecule has 4 heterocycles. The molecule has 3 amide bonds.